The maximum absolute atomic E-state index is 10.3. The molecule has 0 spiro atoms. The summed E-state index contributed by atoms with van der Waals surface area (Å²) in [6.45, 7) is 0.972. The molecule has 0 saturated heterocycles. The number of aromatic hydroxyl groups is 1. The monoisotopic (exact) mass is 338 g/mol. The van der Waals surface area contributed by atoms with E-state index in [2.05, 4.69) is 32.4 Å². The van der Waals surface area contributed by atoms with Gasteiger partial charge in [-0.3, -0.25) is 0 Å². The molecule has 0 aliphatic rings. The van der Waals surface area contributed by atoms with Crippen LogP contribution in [0.2, 0.25) is 0 Å². The highest BCUT2D eigenvalue weighted by Crippen LogP contribution is 2.36. The fourth-order valence-electron chi connectivity index (χ4n) is 2.84. The molecule has 0 fully saturated rings. The van der Waals surface area contributed by atoms with Crippen molar-refractivity contribution in [3.05, 3.63) is 42.5 Å². The first-order valence-electron chi connectivity index (χ1n) is 7.83. The molecule has 2 aromatic heterocycles. The quantitative estimate of drug-likeness (QED) is 0.330. The molecule has 4 aromatic rings. The lowest BCUT2D eigenvalue weighted by atomic mass is 10.1. The number of rotatable bonds is 5. The Hall–Kier alpha value is -2.44. The summed E-state index contributed by atoms with van der Waals surface area (Å²) < 4.78 is 0. The van der Waals surface area contributed by atoms with E-state index in [1.807, 2.05) is 37.4 Å². The van der Waals surface area contributed by atoms with E-state index in [9.17, 15) is 5.11 Å². The van der Waals surface area contributed by atoms with Crippen LogP contribution in [-0.2, 0) is 0 Å². The molecule has 5 nitrogen and oxygen atoms in total. The Morgan fingerprint density at radius 2 is 2.00 bits per heavy atom. The van der Waals surface area contributed by atoms with Gasteiger partial charge in [0.25, 0.3) is 0 Å². The molecule has 0 radical (unpaired) electrons. The van der Waals surface area contributed by atoms with Gasteiger partial charge in [0.05, 0.1) is 16.6 Å². The van der Waals surface area contributed by atoms with Crippen LogP contribution in [0.5, 0.6) is 5.88 Å². The number of hydrogen-bond donors (Lipinski definition) is 4. The molecule has 24 heavy (non-hydrogen) atoms. The Labute approximate surface area is 143 Å². The van der Waals surface area contributed by atoms with E-state index >= 15 is 0 Å². The van der Waals surface area contributed by atoms with Gasteiger partial charge in [0.2, 0.25) is 5.88 Å². The number of fused-ring (bicyclic) bond motifs is 2. The smallest absolute Gasteiger partial charge is 0.200 e. The van der Waals surface area contributed by atoms with E-state index in [0.29, 0.717) is 11.4 Å². The minimum Gasteiger partial charge on any atom is -0.494 e. The first kappa shape index (κ1) is 15.1. The number of para-hydroxylation sites is 1. The Balaban J connectivity index is 1.75. The summed E-state index contributed by atoms with van der Waals surface area (Å²) in [7, 11) is 1.96. The highest BCUT2D eigenvalue weighted by Gasteiger charge is 2.16. The van der Waals surface area contributed by atoms with E-state index in [4.69, 9.17) is 0 Å². The number of nitrogens with zero attached hydrogens (tertiary/aromatic N) is 1. The SMILES string of the molecule is CNCCSc1ccc2nc(-c3c(O)[nH]c4ccccc34)[nH]c2c1. The Kier molecular flexibility index (Phi) is 3.92. The van der Waals surface area contributed by atoms with Gasteiger partial charge < -0.3 is 20.4 Å². The van der Waals surface area contributed by atoms with Crippen LogP contribution in [-0.4, -0.2) is 39.4 Å². The number of hydrogen-bond acceptors (Lipinski definition) is 4. The zero-order chi connectivity index (χ0) is 16.5. The standard InChI is InChI=1S/C18H18N4OS/c1-19-8-9-24-11-6-7-14-15(10-11)21-17(20-14)16-12-4-2-3-5-13(12)22-18(16)23/h2-7,10,19,22-23H,8-9H2,1H3,(H,20,21). The summed E-state index contributed by atoms with van der Waals surface area (Å²) in [4.78, 5) is 12.2. The van der Waals surface area contributed by atoms with E-state index < -0.39 is 0 Å². The molecule has 0 aliphatic carbocycles. The maximum atomic E-state index is 10.3. The largest absolute Gasteiger partial charge is 0.494 e. The van der Waals surface area contributed by atoms with Crippen molar-refractivity contribution in [2.75, 3.05) is 19.3 Å². The molecule has 2 heterocycles. The molecular formula is C18H18N4OS. The lowest BCUT2D eigenvalue weighted by molar-refractivity contribution is 0.460. The van der Waals surface area contributed by atoms with Gasteiger partial charge in [0.1, 0.15) is 5.82 Å². The molecule has 4 N–H and O–H groups in total. The molecule has 6 heteroatoms. The fourth-order valence-corrected chi connectivity index (χ4v) is 3.74. The van der Waals surface area contributed by atoms with Crippen molar-refractivity contribution in [1.29, 1.82) is 0 Å². The second kappa shape index (κ2) is 6.22. The average molecular weight is 338 g/mol. The first-order valence-corrected chi connectivity index (χ1v) is 8.82. The lowest BCUT2D eigenvalue weighted by Crippen LogP contribution is -2.09. The van der Waals surface area contributed by atoms with E-state index in [1.165, 1.54) is 4.90 Å². The van der Waals surface area contributed by atoms with Crippen LogP contribution in [0.25, 0.3) is 33.3 Å². The predicted molar refractivity (Wildman–Crippen MR) is 99.7 cm³/mol. The van der Waals surface area contributed by atoms with Gasteiger partial charge in [-0.1, -0.05) is 18.2 Å². The van der Waals surface area contributed by atoms with Crippen LogP contribution in [0.15, 0.2) is 47.4 Å². The van der Waals surface area contributed by atoms with E-state index in [0.717, 1.165) is 34.2 Å². The number of thioether (sulfide) groups is 1. The molecule has 2 aromatic carbocycles. The number of benzene rings is 2. The molecule has 0 saturated carbocycles. The third-order valence-corrected chi connectivity index (χ3v) is 4.99. The van der Waals surface area contributed by atoms with Crippen LogP contribution in [0.4, 0.5) is 0 Å². The van der Waals surface area contributed by atoms with Gasteiger partial charge in [0.15, 0.2) is 0 Å². The summed E-state index contributed by atoms with van der Waals surface area (Å²) in [5.74, 6) is 1.84. The van der Waals surface area contributed by atoms with Crippen molar-refractivity contribution in [2.45, 2.75) is 4.90 Å². The molecular weight excluding hydrogens is 320 g/mol. The molecule has 0 atom stereocenters. The average Bonchev–Trinajstić information content (AvgIpc) is 3.13. The highest BCUT2D eigenvalue weighted by atomic mass is 32.2. The number of aromatic nitrogens is 3. The van der Waals surface area contributed by atoms with Crippen molar-refractivity contribution in [1.82, 2.24) is 20.3 Å². The third-order valence-electron chi connectivity index (χ3n) is 4.00. The van der Waals surface area contributed by atoms with Crippen LogP contribution < -0.4 is 5.32 Å². The number of nitrogens with one attached hydrogen (secondary N) is 3. The molecule has 0 bridgehead atoms. The van der Waals surface area contributed by atoms with Gasteiger partial charge in [-0.25, -0.2) is 4.98 Å². The summed E-state index contributed by atoms with van der Waals surface area (Å²) in [6.07, 6.45) is 0. The first-order chi connectivity index (χ1) is 11.8. The summed E-state index contributed by atoms with van der Waals surface area (Å²) in [5.41, 5.74) is 3.48. The van der Waals surface area contributed by atoms with Gasteiger partial charge in [-0.15, -0.1) is 11.8 Å². The van der Waals surface area contributed by atoms with Crippen LogP contribution in [0.3, 0.4) is 0 Å². The Morgan fingerprint density at radius 3 is 2.88 bits per heavy atom. The van der Waals surface area contributed by atoms with Crippen molar-refractivity contribution in [3.8, 4) is 17.3 Å². The van der Waals surface area contributed by atoms with Crippen molar-refractivity contribution >= 4 is 33.7 Å². The second-order valence-corrected chi connectivity index (χ2v) is 6.78. The number of H-pyrrole nitrogens is 2. The minimum absolute atomic E-state index is 0.138. The molecule has 0 aliphatic heterocycles. The van der Waals surface area contributed by atoms with Gasteiger partial charge in [-0.05, 0) is 31.3 Å². The lowest BCUT2D eigenvalue weighted by Gasteiger charge is -2.00. The number of imidazole rings is 1. The van der Waals surface area contributed by atoms with Gasteiger partial charge in [0, 0.05) is 28.1 Å². The molecule has 4 rings (SSSR count). The third kappa shape index (κ3) is 2.64. The Morgan fingerprint density at radius 1 is 1.12 bits per heavy atom. The van der Waals surface area contributed by atoms with Gasteiger partial charge in [-0.2, -0.15) is 0 Å². The van der Waals surface area contributed by atoms with Crippen LogP contribution >= 0.6 is 11.8 Å². The second-order valence-electron chi connectivity index (χ2n) is 5.61. The van der Waals surface area contributed by atoms with Crippen LogP contribution in [0.1, 0.15) is 0 Å². The normalized spacial score (nSPS) is 11.5. The van der Waals surface area contributed by atoms with E-state index in [-0.39, 0.29) is 5.88 Å². The van der Waals surface area contributed by atoms with Crippen molar-refractivity contribution in [3.63, 3.8) is 0 Å². The summed E-state index contributed by atoms with van der Waals surface area (Å²) in [5, 5.41) is 14.4. The fraction of sp³-hybridized carbons (Fsp3) is 0.167. The highest BCUT2D eigenvalue weighted by molar-refractivity contribution is 7.99. The predicted octanol–water partition coefficient (Wildman–Crippen LogP) is 3.73. The molecule has 0 unspecified atom stereocenters. The number of aromatic amines is 2. The van der Waals surface area contributed by atoms with Gasteiger partial charge >= 0.3 is 0 Å². The molecule has 122 valence electrons. The summed E-state index contributed by atoms with van der Waals surface area (Å²) in [6, 6.07) is 14.0. The summed E-state index contributed by atoms with van der Waals surface area (Å²) >= 11 is 1.81. The van der Waals surface area contributed by atoms with Crippen molar-refractivity contribution in [2.24, 2.45) is 0 Å². The van der Waals surface area contributed by atoms with E-state index in [1.54, 1.807) is 11.8 Å². The maximum Gasteiger partial charge on any atom is 0.200 e. The zero-order valence-electron chi connectivity index (χ0n) is 13.3. The topological polar surface area (TPSA) is 76.7 Å². The van der Waals surface area contributed by atoms with Crippen molar-refractivity contribution < 1.29 is 5.11 Å². The van der Waals surface area contributed by atoms with Crippen LogP contribution in [0, 0.1) is 0 Å². The zero-order valence-corrected chi connectivity index (χ0v) is 14.1. The molecule has 0 amide bonds. The minimum atomic E-state index is 0.138. The Bertz CT molecular complexity index is 1000.